The van der Waals surface area contributed by atoms with Crippen LogP contribution in [0.1, 0.15) is 17.3 Å². The molecule has 0 radical (unpaired) electrons. The van der Waals surface area contributed by atoms with Crippen molar-refractivity contribution < 1.29 is 18.7 Å². The number of carbonyl (C=O) groups is 2. The maximum absolute atomic E-state index is 13.3. The number of hydrogen-bond donors (Lipinski definition) is 1. The van der Waals surface area contributed by atoms with Crippen LogP contribution in [0.4, 0.5) is 10.1 Å². The number of halogens is 1. The zero-order valence-corrected chi connectivity index (χ0v) is 8.33. The molecule has 0 atom stereocenters. The first-order chi connectivity index (χ1) is 7.08. The Morgan fingerprint density at radius 3 is 2.67 bits per heavy atom. The molecule has 0 saturated carbocycles. The predicted octanol–water partition coefficient (Wildman–Crippen LogP) is 1.61. The van der Waals surface area contributed by atoms with Gasteiger partial charge in [-0.1, -0.05) is 0 Å². The van der Waals surface area contributed by atoms with Crippen molar-refractivity contribution >= 4 is 17.9 Å². The van der Waals surface area contributed by atoms with Gasteiger partial charge in [-0.25, -0.2) is 4.39 Å². The lowest BCUT2D eigenvalue weighted by molar-refractivity contribution is -0.114. The Balaban J connectivity index is 3.19. The van der Waals surface area contributed by atoms with Gasteiger partial charge in [-0.2, -0.15) is 0 Å². The molecule has 1 rings (SSSR count). The van der Waals surface area contributed by atoms with Crippen molar-refractivity contribution in [1.82, 2.24) is 0 Å². The molecule has 0 aliphatic rings. The quantitative estimate of drug-likeness (QED) is 0.772. The van der Waals surface area contributed by atoms with Gasteiger partial charge >= 0.3 is 0 Å². The van der Waals surface area contributed by atoms with Crippen molar-refractivity contribution in [2.24, 2.45) is 0 Å². The summed E-state index contributed by atoms with van der Waals surface area (Å²) in [4.78, 5) is 21.3. The molecule has 1 aromatic rings. The van der Waals surface area contributed by atoms with E-state index in [0.717, 1.165) is 6.07 Å². The van der Waals surface area contributed by atoms with Crippen LogP contribution in [-0.2, 0) is 4.79 Å². The highest BCUT2D eigenvalue weighted by molar-refractivity contribution is 5.90. The monoisotopic (exact) mass is 211 g/mol. The molecule has 0 fully saturated rings. The molecule has 5 heteroatoms. The zero-order valence-electron chi connectivity index (χ0n) is 8.33. The van der Waals surface area contributed by atoms with E-state index in [2.05, 4.69) is 5.32 Å². The van der Waals surface area contributed by atoms with Crippen molar-refractivity contribution in [3.63, 3.8) is 0 Å². The van der Waals surface area contributed by atoms with Crippen molar-refractivity contribution in [1.29, 1.82) is 0 Å². The maximum Gasteiger partial charge on any atom is 0.221 e. The Morgan fingerprint density at radius 2 is 2.20 bits per heavy atom. The van der Waals surface area contributed by atoms with E-state index in [1.807, 2.05) is 0 Å². The number of ether oxygens (including phenoxy) is 1. The average molecular weight is 211 g/mol. The fourth-order valence-corrected chi connectivity index (χ4v) is 1.12. The SMILES string of the molecule is COc1cc(NC(C)=O)c(F)cc1C=O. The van der Waals surface area contributed by atoms with Gasteiger partial charge in [0.1, 0.15) is 11.6 Å². The van der Waals surface area contributed by atoms with E-state index in [9.17, 15) is 14.0 Å². The van der Waals surface area contributed by atoms with Crippen LogP contribution in [-0.4, -0.2) is 19.3 Å². The number of aldehydes is 1. The first-order valence-electron chi connectivity index (χ1n) is 4.18. The smallest absolute Gasteiger partial charge is 0.221 e. The summed E-state index contributed by atoms with van der Waals surface area (Å²) in [6.45, 7) is 1.26. The summed E-state index contributed by atoms with van der Waals surface area (Å²) in [7, 11) is 1.36. The lowest BCUT2D eigenvalue weighted by Gasteiger charge is -2.08. The fourth-order valence-electron chi connectivity index (χ4n) is 1.12. The first kappa shape index (κ1) is 11.2. The lowest BCUT2D eigenvalue weighted by Crippen LogP contribution is -2.08. The molecular formula is C10H10FNO3. The van der Waals surface area contributed by atoms with Gasteiger partial charge in [0.15, 0.2) is 6.29 Å². The third-order valence-electron chi connectivity index (χ3n) is 1.76. The van der Waals surface area contributed by atoms with Gasteiger partial charge in [-0.05, 0) is 6.07 Å². The van der Waals surface area contributed by atoms with E-state index in [0.29, 0.717) is 6.29 Å². The molecule has 1 N–H and O–H groups in total. The number of nitrogens with one attached hydrogen (secondary N) is 1. The van der Waals surface area contributed by atoms with Crippen LogP contribution in [0.2, 0.25) is 0 Å². The molecule has 0 bridgehead atoms. The van der Waals surface area contributed by atoms with E-state index in [4.69, 9.17) is 4.74 Å². The summed E-state index contributed by atoms with van der Waals surface area (Å²) >= 11 is 0. The van der Waals surface area contributed by atoms with Gasteiger partial charge in [-0.15, -0.1) is 0 Å². The second-order valence-electron chi connectivity index (χ2n) is 2.87. The second-order valence-corrected chi connectivity index (χ2v) is 2.87. The molecule has 1 amide bonds. The number of benzene rings is 1. The van der Waals surface area contributed by atoms with Crippen molar-refractivity contribution in [2.75, 3.05) is 12.4 Å². The first-order valence-corrected chi connectivity index (χ1v) is 4.18. The molecule has 0 saturated heterocycles. The number of carbonyl (C=O) groups excluding carboxylic acids is 2. The Morgan fingerprint density at radius 1 is 1.53 bits per heavy atom. The molecule has 15 heavy (non-hydrogen) atoms. The highest BCUT2D eigenvalue weighted by Crippen LogP contribution is 2.25. The molecule has 0 heterocycles. The van der Waals surface area contributed by atoms with Gasteiger partial charge < -0.3 is 10.1 Å². The van der Waals surface area contributed by atoms with Crippen LogP contribution in [0, 0.1) is 5.82 Å². The van der Waals surface area contributed by atoms with Crippen LogP contribution >= 0.6 is 0 Å². The lowest BCUT2D eigenvalue weighted by atomic mass is 10.2. The van der Waals surface area contributed by atoms with Crippen LogP contribution < -0.4 is 10.1 Å². The fraction of sp³-hybridized carbons (Fsp3) is 0.200. The highest BCUT2D eigenvalue weighted by Gasteiger charge is 2.10. The highest BCUT2D eigenvalue weighted by atomic mass is 19.1. The van der Waals surface area contributed by atoms with Crippen molar-refractivity contribution in [2.45, 2.75) is 6.92 Å². The van der Waals surface area contributed by atoms with Gasteiger partial charge in [0.25, 0.3) is 0 Å². The van der Waals surface area contributed by atoms with Crippen LogP contribution in [0.5, 0.6) is 5.75 Å². The number of anilines is 1. The Hall–Kier alpha value is -1.91. The van der Waals surface area contributed by atoms with Crippen molar-refractivity contribution in [3.8, 4) is 5.75 Å². The van der Waals surface area contributed by atoms with Gasteiger partial charge in [0.2, 0.25) is 5.91 Å². The van der Waals surface area contributed by atoms with Gasteiger partial charge in [-0.3, -0.25) is 9.59 Å². The normalized spacial score (nSPS) is 9.53. The van der Waals surface area contributed by atoms with E-state index in [1.54, 1.807) is 0 Å². The molecule has 0 aliphatic heterocycles. The number of rotatable bonds is 3. The number of amides is 1. The Bertz CT molecular complexity index is 404. The minimum atomic E-state index is -0.673. The van der Waals surface area contributed by atoms with E-state index in [-0.39, 0.29) is 17.0 Å². The number of hydrogen-bond acceptors (Lipinski definition) is 3. The Labute approximate surface area is 86.0 Å². The van der Waals surface area contributed by atoms with Crippen LogP contribution in [0.15, 0.2) is 12.1 Å². The minimum absolute atomic E-state index is 0.00931. The third-order valence-corrected chi connectivity index (χ3v) is 1.76. The van der Waals surface area contributed by atoms with E-state index in [1.165, 1.54) is 20.1 Å². The Kier molecular flexibility index (Phi) is 3.38. The topological polar surface area (TPSA) is 55.4 Å². The molecule has 4 nitrogen and oxygen atoms in total. The van der Waals surface area contributed by atoms with E-state index < -0.39 is 11.7 Å². The summed E-state index contributed by atoms with van der Waals surface area (Å²) < 4.78 is 18.1. The van der Waals surface area contributed by atoms with Gasteiger partial charge in [0.05, 0.1) is 18.4 Å². The van der Waals surface area contributed by atoms with Crippen LogP contribution in [0.25, 0.3) is 0 Å². The summed E-state index contributed by atoms with van der Waals surface area (Å²) in [5.41, 5.74) is 0.0917. The largest absolute Gasteiger partial charge is 0.496 e. The van der Waals surface area contributed by atoms with E-state index >= 15 is 0 Å². The molecule has 0 spiro atoms. The molecule has 0 aliphatic carbocycles. The van der Waals surface area contributed by atoms with Gasteiger partial charge in [0, 0.05) is 13.0 Å². The summed E-state index contributed by atoms with van der Waals surface area (Å²) in [5, 5.41) is 2.29. The second kappa shape index (κ2) is 4.54. The molecule has 0 aromatic heterocycles. The number of methoxy groups -OCH3 is 1. The third kappa shape index (κ3) is 2.52. The molecule has 80 valence electrons. The molecule has 1 aromatic carbocycles. The standard InChI is InChI=1S/C10H10FNO3/c1-6(14)12-9-4-10(15-2)7(5-13)3-8(9)11/h3-5H,1-2H3,(H,12,14). The van der Waals surface area contributed by atoms with Crippen molar-refractivity contribution in [3.05, 3.63) is 23.5 Å². The molecule has 0 unspecified atom stereocenters. The average Bonchev–Trinajstić information content (AvgIpc) is 2.19. The summed E-state index contributed by atoms with van der Waals surface area (Å²) in [5.74, 6) is -0.849. The van der Waals surface area contributed by atoms with Crippen LogP contribution in [0.3, 0.4) is 0 Å². The predicted molar refractivity (Wildman–Crippen MR) is 52.6 cm³/mol. The summed E-state index contributed by atoms with van der Waals surface area (Å²) in [6.07, 6.45) is 0.486. The molecular weight excluding hydrogens is 201 g/mol. The maximum atomic E-state index is 13.3. The zero-order chi connectivity index (χ0) is 11.4. The summed E-state index contributed by atoms with van der Waals surface area (Å²) in [6, 6.07) is 2.28. The minimum Gasteiger partial charge on any atom is -0.496 e.